The Morgan fingerprint density at radius 1 is 1.17 bits per heavy atom. The summed E-state index contributed by atoms with van der Waals surface area (Å²) in [6.07, 6.45) is 1.13. The molecule has 3 N–H and O–H groups in total. The van der Waals surface area contributed by atoms with E-state index in [-0.39, 0.29) is 24.1 Å². The minimum Gasteiger partial charge on any atom is -0.483 e. The fourth-order valence-corrected chi connectivity index (χ4v) is 3.38. The Balaban J connectivity index is 1.58. The van der Waals surface area contributed by atoms with Crippen LogP contribution in [-0.4, -0.2) is 46.1 Å². The number of carbonyl (C=O) groups excluding carboxylic acids is 2. The van der Waals surface area contributed by atoms with E-state index < -0.39 is 17.1 Å². The summed E-state index contributed by atoms with van der Waals surface area (Å²) in [5.74, 6) is -1.33. The lowest BCUT2D eigenvalue weighted by atomic mass is 10.2. The highest BCUT2D eigenvalue weighted by molar-refractivity contribution is 8.15. The van der Waals surface area contributed by atoms with Gasteiger partial charge in [0.05, 0.1) is 12.6 Å². The summed E-state index contributed by atoms with van der Waals surface area (Å²) in [7, 11) is 0. The Hall–Kier alpha value is -3.66. The molecule has 154 valence electrons. The summed E-state index contributed by atoms with van der Waals surface area (Å²) in [5.41, 5.74) is 1.26. The van der Waals surface area contributed by atoms with Gasteiger partial charge in [0.25, 0.3) is 5.91 Å². The number of hydrogen-bond donors (Lipinski definition) is 3. The minimum atomic E-state index is -1.06. The third-order valence-electron chi connectivity index (χ3n) is 3.82. The number of hydrogen-bond acceptors (Lipinski definition) is 7. The summed E-state index contributed by atoms with van der Waals surface area (Å²) >= 11 is 1.01. The zero-order valence-corrected chi connectivity index (χ0v) is 16.5. The van der Waals surface area contributed by atoms with Gasteiger partial charge in [-0.05, 0) is 24.3 Å². The molecule has 0 saturated carbocycles. The van der Waals surface area contributed by atoms with Crippen LogP contribution in [0.3, 0.4) is 0 Å². The lowest BCUT2D eigenvalue weighted by molar-refractivity contribution is -0.138. The topological polar surface area (TPSA) is 129 Å². The summed E-state index contributed by atoms with van der Waals surface area (Å²) in [6.45, 7) is -0.183. The van der Waals surface area contributed by atoms with Gasteiger partial charge in [0.15, 0.2) is 11.8 Å². The summed E-state index contributed by atoms with van der Waals surface area (Å²) in [6, 6.07) is 16.0. The standard InChI is InChI=1S/C20H18N4O5S/c25-17(22-14-7-2-1-3-8-14)12-29-15-9-5-4-6-13(15)11-21-24-20-23-19(28)16(30-20)10-18(26)27/h1-9,11,16H,10,12H2,(H,22,25)(H,26,27)(H,23,24,28). The third-order valence-corrected chi connectivity index (χ3v) is 4.89. The maximum Gasteiger partial charge on any atom is 0.305 e. The molecule has 1 aliphatic rings. The van der Waals surface area contributed by atoms with E-state index in [9.17, 15) is 14.4 Å². The predicted molar refractivity (Wildman–Crippen MR) is 114 cm³/mol. The minimum absolute atomic E-state index is 0.183. The van der Waals surface area contributed by atoms with Crippen molar-refractivity contribution >= 4 is 46.6 Å². The fraction of sp³-hybridized carbons (Fsp3) is 0.150. The lowest BCUT2D eigenvalue weighted by Gasteiger charge is -2.09. The van der Waals surface area contributed by atoms with Crippen LogP contribution in [-0.2, 0) is 14.4 Å². The van der Waals surface area contributed by atoms with Gasteiger partial charge in [-0.25, -0.2) is 0 Å². The van der Waals surface area contributed by atoms with Crippen LogP contribution in [0.5, 0.6) is 5.75 Å². The number of nitrogens with zero attached hydrogens (tertiary/aromatic N) is 2. The molecule has 1 saturated heterocycles. The van der Waals surface area contributed by atoms with E-state index >= 15 is 0 Å². The molecule has 0 aliphatic carbocycles. The molecular weight excluding hydrogens is 408 g/mol. The average Bonchev–Trinajstić information content (AvgIpc) is 3.06. The quantitative estimate of drug-likeness (QED) is 0.438. The van der Waals surface area contributed by atoms with E-state index in [1.165, 1.54) is 6.21 Å². The molecule has 1 atom stereocenters. The van der Waals surface area contributed by atoms with Crippen LogP contribution in [0.2, 0.25) is 0 Å². The van der Waals surface area contributed by atoms with Crippen molar-refractivity contribution in [1.82, 2.24) is 5.32 Å². The molecule has 0 spiro atoms. The van der Waals surface area contributed by atoms with Gasteiger partial charge in [-0.3, -0.25) is 14.4 Å². The number of thioether (sulfide) groups is 1. The van der Waals surface area contributed by atoms with Crippen molar-refractivity contribution in [2.24, 2.45) is 10.2 Å². The average molecular weight is 426 g/mol. The van der Waals surface area contributed by atoms with Gasteiger partial charge in [0, 0.05) is 11.3 Å². The Morgan fingerprint density at radius 3 is 2.67 bits per heavy atom. The number of carboxylic acid groups (broad SMARTS) is 1. The van der Waals surface area contributed by atoms with Crippen LogP contribution in [0, 0.1) is 0 Å². The molecule has 1 fully saturated rings. The number of amides is 2. The summed E-state index contributed by atoms with van der Waals surface area (Å²) in [4.78, 5) is 34.5. The highest BCUT2D eigenvalue weighted by Crippen LogP contribution is 2.22. The zero-order chi connectivity index (χ0) is 21.3. The summed E-state index contributed by atoms with van der Waals surface area (Å²) in [5, 5.41) is 21.3. The molecule has 2 aromatic carbocycles. The number of amidine groups is 1. The highest BCUT2D eigenvalue weighted by atomic mass is 32.2. The number of para-hydroxylation sites is 2. The Kier molecular flexibility index (Phi) is 7.17. The maximum absolute atomic E-state index is 12.0. The number of rotatable bonds is 8. The number of aliphatic carboxylic acids is 1. The van der Waals surface area contributed by atoms with Crippen LogP contribution in [0.25, 0.3) is 0 Å². The van der Waals surface area contributed by atoms with Crippen LogP contribution >= 0.6 is 11.8 Å². The molecule has 3 rings (SSSR count). The van der Waals surface area contributed by atoms with Crippen LogP contribution in [0.15, 0.2) is 64.8 Å². The molecule has 1 aliphatic heterocycles. The van der Waals surface area contributed by atoms with E-state index in [1.807, 2.05) is 18.2 Å². The van der Waals surface area contributed by atoms with E-state index in [2.05, 4.69) is 20.8 Å². The second-order valence-corrected chi connectivity index (χ2v) is 7.28. The second kappa shape index (κ2) is 10.2. The van der Waals surface area contributed by atoms with Crippen molar-refractivity contribution in [3.63, 3.8) is 0 Å². The molecule has 0 bridgehead atoms. The van der Waals surface area contributed by atoms with Crippen LogP contribution in [0.4, 0.5) is 5.69 Å². The first-order valence-corrected chi connectivity index (χ1v) is 9.76. The van der Waals surface area contributed by atoms with Gasteiger partial charge in [-0.1, -0.05) is 42.1 Å². The van der Waals surface area contributed by atoms with Gasteiger partial charge in [0.1, 0.15) is 11.0 Å². The molecule has 0 radical (unpaired) electrons. The normalized spacial score (nSPS) is 17.1. The maximum atomic E-state index is 12.0. The smallest absolute Gasteiger partial charge is 0.305 e. The van der Waals surface area contributed by atoms with Crippen molar-refractivity contribution in [3.05, 3.63) is 60.2 Å². The first-order valence-electron chi connectivity index (χ1n) is 8.88. The van der Waals surface area contributed by atoms with Crippen molar-refractivity contribution in [2.75, 3.05) is 11.9 Å². The van der Waals surface area contributed by atoms with E-state index in [0.717, 1.165) is 11.8 Å². The van der Waals surface area contributed by atoms with Crippen molar-refractivity contribution in [2.45, 2.75) is 11.7 Å². The number of anilines is 1. The van der Waals surface area contributed by atoms with Gasteiger partial charge in [0.2, 0.25) is 5.91 Å². The van der Waals surface area contributed by atoms with Crippen LogP contribution in [0.1, 0.15) is 12.0 Å². The second-order valence-electron chi connectivity index (χ2n) is 6.08. The van der Waals surface area contributed by atoms with Crippen molar-refractivity contribution < 1.29 is 24.2 Å². The lowest BCUT2D eigenvalue weighted by Crippen LogP contribution is -2.26. The SMILES string of the molecule is O=C(O)CC1SC(=NN=Cc2ccccc2OCC(=O)Nc2ccccc2)NC1=O. The zero-order valence-electron chi connectivity index (χ0n) is 15.6. The third kappa shape index (κ3) is 6.17. The molecule has 9 nitrogen and oxygen atoms in total. The van der Waals surface area contributed by atoms with Crippen LogP contribution < -0.4 is 15.4 Å². The number of ether oxygens (including phenoxy) is 1. The predicted octanol–water partition coefficient (Wildman–Crippen LogP) is 2.10. The Labute approximate surface area is 176 Å². The Morgan fingerprint density at radius 2 is 1.90 bits per heavy atom. The largest absolute Gasteiger partial charge is 0.483 e. The molecule has 0 aromatic heterocycles. The van der Waals surface area contributed by atoms with Crippen molar-refractivity contribution in [1.29, 1.82) is 0 Å². The van der Waals surface area contributed by atoms with Gasteiger partial charge in [-0.15, -0.1) is 5.10 Å². The van der Waals surface area contributed by atoms with Crippen molar-refractivity contribution in [3.8, 4) is 5.75 Å². The van der Waals surface area contributed by atoms with E-state index in [4.69, 9.17) is 9.84 Å². The monoisotopic (exact) mass is 426 g/mol. The van der Waals surface area contributed by atoms with E-state index in [1.54, 1.807) is 36.4 Å². The summed E-state index contributed by atoms with van der Waals surface area (Å²) < 4.78 is 5.58. The first kappa shape index (κ1) is 21.1. The van der Waals surface area contributed by atoms with Gasteiger partial charge >= 0.3 is 5.97 Å². The number of carboxylic acids is 1. The fourth-order valence-electron chi connectivity index (χ4n) is 2.47. The molecule has 2 aromatic rings. The molecule has 30 heavy (non-hydrogen) atoms. The Bertz CT molecular complexity index is 994. The molecule has 1 heterocycles. The molecule has 1 unspecified atom stereocenters. The number of nitrogens with one attached hydrogen (secondary N) is 2. The van der Waals surface area contributed by atoms with E-state index in [0.29, 0.717) is 17.0 Å². The molecule has 10 heteroatoms. The highest BCUT2D eigenvalue weighted by Gasteiger charge is 2.32. The number of carbonyl (C=O) groups is 3. The molecule has 2 amide bonds. The number of benzene rings is 2. The van der Waals surface area contributed by atoms with Gasteiger partial charge < -0.3 is 20.5 Å². The van der Waals surface area contributed by atoms with Gasteiger partial charge in [-0.2, -0.15) is 5.10 Å². The first-order chi connectivity index (χ1) is 14.5. The molecular formula is C20H18N4O5S.